The summed E-state index contributed by atoms with van der Waals surface area (Å²) in [5.74, 6) is -3.13. The molecular weight excluding hydrogens is 328 g/mol. The Balaban J connectivity index is 2.59. The largest absolute Gasteiger partial charge is 0.507 e. The van der Waals surface area contributed by atoms with Gasteiger partial charge in [0, 0.05) is 18.2 Å². The van der Waals surface area contributed by atoms with Crippen molar-refractivity contribution in [2.45, 2.75) is 20.3 Å². The first-order chi connectivity index (χ1) is 11.9. The van der Waals surface area contributed by atoms with E-state index in [1.807, 2.05) is 13.8 Å². The third-order valence-electron chi connectivity index (χ3n) is 4.30. The molecule has 0 aromatic heterocycles. The molecule has 0 atom stereocenters. The van der Waals surface area contributed by atoms with E-state index in [0.29, 0.717) is 24.1 Å². The van der Waals surface area contributed by atoms with Gasteiger partial charge in [0.1, 0.15) is 22.9 Å². The number of carboxylic acids is 1. The first-order valence-electron chi connectivity index (χ1n) is 8.14. The minimum atomic E-state index is -1.28. The molecule has 4 nitrogen and oxygen atoms in total. The molecule has 0 amide bonds. The molecule has 0 heterocycles. The lowest BCUT2D eigenvalue weighted by Gasteiger charge is -2.20. The van der Waals surface area contributed by atoms with Crippen molar-refractivity contribution in [2.75, 3.05) is 19.6 Å². The number of carbonyl (C=O) groups is 1. The van der Waals surface area contributed by atoms with E-state index >= 15 is 0 Å². The van der Waals surface area contributed by atoms with Crippen molar-refractivity contribution in [3.8, 4) is 16.9 Å². The maximum Gasteiger partial charge on any atom is 0.339 e. The van der Waals surface area contributed by atoms with Gasteiger partial charge in [0.25, 0.3) is 0 Å². The predicted molar refractivity (Wildman–Crippen MR) is 91.9 cm³/mol. The summed E-state index contributed by atoms with van der Waals surface area (Å²) in [6.45, 7) is 6.12. The highest BCUT2D eigenvalue weighted by atomic mass is 19.1. The van der Waals surface area contributed by atoms with Gasteiger partial charge in [-0.25, -0.2) is 13.6 Å². The molecule has 0 aliphatic rings. The van der Waals surface area contributed by atoms with Gasteiger partial charge < -0.3 is 15.1 Å². The van der Waals surface area contributed by atoms with Crippen LogP contribution in [0.15, 0.2) is 30.3 Å². The molecule has 2 N–H and O–H groups in total. The van der Waals surface area contributed by atoms with Gasteiger partial charge in [-0.1, -0.05) is 19.9 Å². The fourth-order valence-electron chi connectivity index (χ4n) is 2.90. The average Bonchev–Trinajstić information content (AvgIpc) is 2.56. The van der Waals surface area contributed by atoms with E-state index in [4.69, 9.17) is 0 Å². The molecule has 0 saturated carbocycles. The Morgan fingerprint density at radius 1 is 1.08 bits per heavy atom. The highest BCUT2D eigenvalue weighted by molar-refractivity contribution is 5.95. The minimum Gasteiger partial charge on any atom is -0.507 e. The first-order valence-corrected chi connectivity index (χ1v) is 8.14. The molecule has 0 spiro atoms. The van der Waals surface area contributed by atoms with Crippen molar-refractivity contribution in [3.63, 3.8) is 0 Å². The monoisotopic (exact) mass is 349 g/mol. The Bertz CT molecular complexity index is 774. The zero-order chi connectivity index (χ0) is 18.6. The van der Waals surface area contributed by atoms with Gasteiger partial charge >= 0.3 is 5.97 Å². The molecular formula is C19H21F2NO3. The third-order valence-corrected chi connectivity index (χ3v) is 4.30. The van der Waals surface area contributed by atoms with Crippen molar-refractivity contribution in [1.82, 2.24) is 4.90 Å². The van der Waals surface area contributed by atoms with Crippen molar-refractivity contribution < 1.29 is 23.8 Å². The number of benzene rings is 2. The van der Waals surface area contributed by atoms with Crippen LogP contribution >= 0.6 is 0 Å². The second kappa shape index (κ2) is 8.07. The Kier molecular flexibility index (Phi) is 6.09. The molecule has 2 rings (SSSR count). The van der Waals surface area contributed by atoms with Crippen LogP contribution < -0.4 is 0 Å². The maximum atomic E-state index is 14.2. The second-order valence-electron chi connectivity index (χ2n) is 5.69. The summed E-state index contributed by atoms with van der Waals surface area (Å²) in [6.07, 6.45) is 0.323. The predicted octanol–water partition coefficient (Wildman–Crippen LogP) is 3.92. The van der Waals surface area contributed by atoms with E-state index in [0.717, 1.165) is 25.2 Å². The van der Waals surface area contributed by atoms with Crippen LogP contribution in [0.5, 0.6) is 5.75 Å². The standard InChI is InChI=1S/C19H21F2NO3/c1-3-22(4-2)10-9-15-13(7-8-17(23)18(15)19(24)25)14-6-5-12(20)11-16(14)21/h5-8,11,23H,3-4,9-10H2,1-2H3,(H,24,25). The summed E-state index contributed by atoms with van der Waals surface area (Å²) in [7, 11) is 0. The number of rotatable bonds is 7. The summed E-state index contributed by atoms with van der Waals surface area (Å²) in [5, 5.41) is 19.5. The Labute approximate surface area is 145 Å². The first kappa shape index (κ1) is 18.9. The molecule has 2 aromatic rings. The van der Waals surface area contributed by atoms with Crippen LogP contribution in [-0.4, -0.2) is 40.7 Å². The van der Waals surface area contributed by atoms with E-state index in [1.54, 1.807) is 0 Å². The van der Waals surface area contributed by atoms with E-state index in [-0.39, 0.29) is 16.9 Å². The van der Waals surface area contributed by atoms with Crippen molar-refractivity contribution in [3.05, 3.63) is 53.1 Å². The molecule has 0 aliphatic carbocycles. The summed E-state index contributed by atoms with van der Waals surface area (Å²) >= 11 is 0. The summed E-state index contributed by atoms with van der Waals surface area (Å²) in [4.78, 5) is 13.7. The molecule has 6 heteroatoms. The van der Waals surface area contributed by atoms with E-state index in [2.05, 4.69) is 4.90 Å². The highest BCUT2D eigenvalue weighted by Crippen LogP contribution is 2.34. The van der Waals surface area contributed by atoms with Gasteiger partial charge in [-0.05, 0) is 48.8 Å². The molecule has 134 valence electrons. The van der Waals surface area contributed by atoms with Crippen LogP contribution in [0.1, 0.15) is 29.8 Å². The van der Waals surface area contributed by atoms with Crippen LogP contribution in [0.25, 0.3) is 11.1 Å². The van der Waals surface area contributed by atoms with Crippen molar-refractivity contribution in [2.24, 2.45) is 0 Å². The SMILES string of the molecule is CCN(CC)CCc1c(-c2ccc(F)cc2F)ccc(O)c1C(=O)O. The fraction of sp³-hybridized carbons (Fsp3) is 0.316. The number of likely N-dealkylation sites (N-methyl/N-ethyl adjacent to an activating group) is 1. The van der Waals surface area contributed by atoms with Crippen molar-refractivity contribution >= 4 is 5.97 Å². The molecule has 0 unspecified atom stereocenters. The van der Waals surface area contributed by atoms with Gasteiger partial charge in [-0.2, -0.15) is 0 Å². The van der Waals surface area contributed by atoms with Crippen LogP contribution in [0.2, 0.25) is 0 Å². The Morgan fingerprint density at radius 3 is 2.28 bits per heavy atom. The number of nitrogens with zero attached hydrogens (tertiary/aromatic N) is 1. The number of hydrogen-bond donors (Lipinski definition) is 2. The van der Waals surface area contributed by atoms with Gasteiger partial charge in [0.05, 0.1) is 0 Å². The van der Waals surface area contributed by atoms with Gasteiger partial charge in [-0.3, -0.25) is 0 Å². The van der Waals surface area contributed by atoms with E-state index in [9.17, 15) is 23.8 Å². The lowest BCUT2D eigenvalue weighted by atomic mass is 9.92. The Morgan fingerprint density at radius 2 is 1.72 bits per heavy atom. The summed E-state index contributed by atoms with van der Waals surface area (Å²) in [5.41, 5.74) is 0.552. The average molecular weight is 349 g/mol. The van der Waals surface area contributed by atoms with Gasteiger partial charge in [0.2, 0.25) is 0 Å². The lowest BCUT2D eigenvalue weighted by molar-refractivity contribution is 0.0692. The maximum absolute atomic E-state index is 14.2. The topological polar surface area (TPSA) is 60.8 Å². The molecule has 0 radical (unpaired) electrons. The molecule has 0 saturated heterocycles. The zero-order valence-corrected chi connectivity index (χ0v) is 14.2. The quantitative estimate of drug-likeness (QED) is 0.795. The molecule has 0 bridgehead atoms. The zero-order valence-electron chi connectivity index (χ0n) is 14.2. The van der Waals surface area contributed by atoms with Crippen molar-refractivity contribution in [1.29, 1.82) is 0 Å². The molecule has 2 aromatic carbocycles. The van der Waals surface area contributed by atoms with Crippen LogP contribution in [0.3, 0.4) is 0 Å². The minimum absolute atomic E-state index is 0.110. The third kappa shape index (κ3) is 4.14. The number of phenols is 1. The number of aromatic carboxylic acids is 1. The summed E-state index contributed by atoms with van der Waals surface area (Å²) < 4.78 is 27.4. The van der Waals surface area contributed by atoms with Crippen LogP contribution in [0, 0.1) is 11.6 Å². The fourth-order valence-corrected chi connectivity index (χ4v) is 2.90. The Hall–Kier alpha value is -2.47. The number of aromatic hydroxyl groups is 1. The molecule has 0 fully saturated rings. The van der Waals surface area contributed by atoms with Crippen LogP contribution in [-0.2, 0) is 6.42 Å². The highest BCUT2D eigenvalue weighted by Gasteiger charge is 2.21. The number of halogens is 2. The van der Waals surface area contributed by atoms with Crippen LogP contribution in [0.4, 0.5) is 8.78 Å². The molecule has 25 heavy (non-hydrogen) atoms. The number of carboxylic acid groups (broad SMARTS) is 1. The van der Waals surface area contributed by atoms with E-state index in [1.165, 1.54) is 18.2 Å². The van der Waals surface area contributed by atoms with Gasteiger partial charge in [0.15, 0.2) is 0 Å². The molecule has 0 aliphatic heterocycles. The second-order valence-corrected chi connectivity index (χ2v) is 5.69. The van der Waals surface area contributed by atoms with E-state index < -0.39 is 17.6 Å². The lowest BCUT2D eigenvalue weighted by Crippen LogP contribution is -2.26. The number of hydrogen-bond acceptors (Lipinski definition) is 3. The summed E-state index contributed by atoms with van der Waals surface area (Å²) in [6, 6.07) is 5.86. The smallest absolute Gasteiger partial charge is 0.339 e. The van der Waals surface area contributed by atoms with Gasteiger partial charge in [-0.15, -0.1) is 0 Å². The normalized spacial score (nSPS) is 11.1.